The molecule has 2 N–H and O–H groups in total. The Kier molecular flexibility index (Phi) is 6.27. The highest BCUT2D eigenvalue weighted by atomic mass is 15.1. The summed E-state index contributed by atoms with van der Waals surface area (Å²) in [7, 11) is 0. The molecule has 1 aromatic rings. The van der Waals surface area contributed by atoms with Gasteiger partial charge in [0.1, 0.15) is 18.0 Å². The molecule has 21 heavy (non-hydrogen) atoms. The standard InChI is InChI=1S/C17H30N4/c1-4-11-18-16-15(5-2)17(20-12-19-16)21-14-8-6-7-13(3)9-10-14/h12-14H,4-11H2,1-3H3,(H2,18,19,20,21). The first-order chi connectivity index (χ1) is 10.2. The molecule has 0 amide bonds. The topological polar surface area (TPSA) is 49.8 Å². The first-order valence-corrected chi connectivity index (χ1v) is 8.58. The molecule has 1 aromatic heterocycles. The molecule has 2 unspecified atom stereocenters. The molecule has 2 atom stereocenters. The third kappa shape index (κ3) is 4.58. The third-order valence-corrected chi connectivity index (χ3v) is 4.44. The summed E-state index contributed by atoms with van der Waals surface area (Å²) in [5.41, 5.74) is 1.23. The van der Waals surface area contributed by atoms with Crippen molar-refractivity contribution < 1.29 is 0 Å². The number of hydrogen-bond acceptors (Lipinski definition) is 4. The fourth-order valence-electron chi connectivity index (χ4n) is 3.09. The zero-order valence-electron chi connectivity index (χ0n) is 13.8. The van der Waals surface area contributed by atoms with Crippen LogP contribution in [0.5, 0.6) is 0 Å². The van der Waals surface area contributed by atoms with Crippen molar-refractivity contribution in [1.29, 1.82) is 0 Å². The summed E-state index contributed by atoms with van der Waals surface area (Å²) in [4.78, 5) is 8.91. The van der Waals surface area contributed by atoms with Gasteiger partial charge in [-0.25, -0.2) is 9.97 Å². The molecule has 4 heteroatoms. The van der Waals surface area contributed by atoms with Crippen molar-refractivity contribution in [3.8, 4) is 0 Å². The molecule has 1 heterocycles. The van der Waals surface area contributed by atoms with Crippen molar-refractivity contribution in [1.82, 2.24) is 9.97 Å². The van der Waals surface area contributed by atoms with Gasteiger partial charge in [0, 0.05) is 18.2 Å². The van der Waals surface area contributed by atoms with Crippen LogP contribution in [0.15, 0.2) is 6.33 Å². The average molecular weight is 290 g/mol. The number of anilines is 2. The second-order valence-electron chi connectivity index (χ2n) is 6.28. The lowest BCUT2D eigenvalue weighted by molar-refractivity contribution is 0.501. The van der Waals surface area contributed by atoms with Gasteiger partial charge in [0.25, 0.3) is 0 Å². The summed E-state index contributed by atoms with van der Waals surface area (Å²) < 4.78 is 0. The molecule has 1 aliphatic rings. The lowest BCUT2D eigenvalue weighted by Crippen LogP contribution is -2.21. The van der Waals surface area contributed by atoms with Gasteiger partial charge in [-0.15, -0.1) is 0 Å². The molecule has 0 saturated heterocycles. The Hall–Kier alpha value is -1.32. The predicted molar refractivity (Wildman–Crippen MR) is 89.9 cm³/mol. The highest BCUT2D eigenvalue weighted by molar-refractivity contribution is 5.57. The molecule has 0 radical (unpaired) electrons. The van der Waals surface area contributed by atoms with Crippen LogP contribution in [0.2, 0.25) is 0 Å². The zero-order chi connectivity index (χ0) is 15.1. The first kappa shape index (κ1) is 16.1. The lowest BCUT2D eigenvalue weighted by atomic mass is 10.0. The van der Waals surface area contributed by atoms with Crippen molar-refractivity contribution in [2.75, 3.05) is 17.2 Å². The van der Waals surface area contributed by atoms with Crippen LogP contribution in [0.3, 0.4) is 0 Å². The van der Waals surface area contributed by atoms with Gasteiger partial charge in [-0.1, -0.05) is 33.6 Å². The van der Waals surface area contributed by atoms with E-state index in [9.17, 15) is 0 Å². The molecular formula is C17H30N4. The number of hydrogen-bond donors (Lipinski definition) is 2. The average Bonchev–Trinajstić information content (AvgIpc) is 2.70. The van der Waals surface area contributed by atoms with E-state index in [2.05, 4.69) is 41.4 Å². The maximum atomic E-state index is 4.50. The van der Waals surface area contributed by atoms with Crippen LogP contribution in [-0.4, -0.2) is 22.6 Å². The molecule has 0 aromatic carbocycles. The molecule has 1 fully saturated rings. The fourth-order valence-corrected chi connectivity index (χ4v) is 3.09. The lowest BCUT2D eigenvalue weighted by Gasteiger charge is -2.20. The summed E-state index contributed by atoms with van der Waals surface area (Å²) >= 11 is 0. The molecule has 0 spiro atoms. The van der Waals surface area contributed by atoms with E-state index in [0.717, 1.165) is 36.9 Å². The van der Waals surface area contributed by atoms with Crippen molar-refractivity contribution >= 4 is 11.6 Å². The largest absolute Gasteiger partial charge is 0.370 e. The quantitative estimate of drug-likeness (QED) is 0.769. The monoisotopic (exact) mass is 290 g/mol. The molecule has 1 aliphatic carbocycles. The van der Waals surface area contributed by atoms with E-state index in [-0.39, 0.29) is 0 Å². The fraction of sp³-hybridized carbons (Fsp3) is 0.765. The molecule has 0 aliphatic heterocycles. The highest BCUT2D eigenvalue weighted by Crippen LogP contribution is 2.27. The van der Waals surface area contributed by atoms with E-state index in [1.165, 1.54) is 37.7 Å². The van der Waals surface area contributed by atoms with Crippen LogP contribution in [-0.2, 0) is 6.42 Å². The van der Waals surface area contributed by atoms with Gasteiger partial charge in [0.15, 0.2) is 0 Å². The Labute approximate surface area is 129 Å². The Morgan fingerprint density at radius 3 is 2.67 bits per heavy atom. The summed E-state index contributed by atoms with van der Waals surface area (Å²) in [6.45, 7) is 7.68. The summed E-state index contributed by atoms with van der Waals surface area (Å²) in [5.74, 6) is 2.90. The van der Waals surface area contributed by atoms with Crippen LogP contribution in [0.4, 0.5) is 11.6 Å². The van der Waals surface area contributed by atoms with Gasteiger partial charge < -0.3 is 10.6 Å². The van der Waals surface area contributed by atoms with Gasteiger partial charge in [-0.2, -0.15) is 0 Å². The van der Waals surface area contributed by atoms with Gasteiger partial charge in [-0.3, -0.25) is 0 Å². The Morgan fingerprint density at radius 1 is 1.10 bits per heavy atom. The summed E-state index contributed by atoms with van der Waals surface area (Å²) in [6, 6.07) is 0.564. The second kappa shape index (κ2) is 8.20. The minimum atomic E-state index is 0.564. The first-order valence-electron chi connectivity index (χ1n) is 8.58. The molecule has 118 valence electrons. The maximum absolute atomic E-state index is 4.50. The second-order valence-corrected chi connectivity index (χ2v) is 6.28. The van der Waals surface area contributed by atoms with Crippen LogP contribution in [0.1, 0.15) is 64.9 Å². The maximum Gasteiger partial charge on any atom is 0.134 e. The minimum absolute atomic E-state index is 0.564. The Bertz CT molecular complexity index is 433. The normalized spacial score (nSPS) is 22.6. The molecule has 1 saturated carbocycles. The van der Waals surface area contributed by atoms with Crippen molar-refractivity contribution in [3.05, 3.63) is 11.9 Å². The van der Waals surface area contributed by atoms with Crippen molar-refractivity contribution in [2.24, 2.45) is 5.92 Å². The smallest absolute Gasteiger partial charge is 0.134 e. The minimum Gasteiger partial charge on any atom is -0.370 e. The molecule has 4 nitrogen and oxygen atoms in total. The highest BCUT2D eigenvalue weighted by Gasteiger charge is 2.18. The predicted octanol–water partition coefficient (Wildman–Crippen LogP) is 4.24. The SMILES string of the molecule is CCCNc1ncnc(NC2CCCC(C)CC2)c1CC. The van der Waals surface area contributed by atoms with Gasteiger partial charge in [0.2, 0.25) is 0 Å². The third-order valence-electron chi connectivity index (χ3n) is 4.44. The molecular weight excluding hydrogens is 260 g/mol. The van der Waals surface area contributed by atoms with Gasteiger partial charge in [-0.05, 0) is 38.0 Å². The van der Waals surface area contributed by atoms with Crippen molar-refractivity contribution in [3.63, 3.8) is 0 Å². The Balaban J connectivity index is 2.07. The van der Waals surface area contributed by atoms with Crippen molar-refractivity contribution in [2.45, 2.75) is 71.8 Å². The van der Waals surface area contributed by atoms with E-state index >= 15 is 0 Å². The summed E-state index contributed by atoms with van der Waals surface area (Å²) in [6.07, 6.45) is 10.3. The van der Waals surface area contributed by atoms with E-state index in [1.807, 2.05) is 0 Å². The number of aromatic nitrogens is 2. The van der Waals surface area contributed by atoms with Gasteiger partial charge >= 0.3 is 0 Å². The Morgan fingerprint density at radius 2 is 1.90 bits per heavy atom. The van der Waals surface area contributed by atoms with E-state index in [4.69, 9.17) is 0 Å². The number of rotatable bonds is 6. The molecule has 2 rings (SSSR count). The zero-order valence-corrected chi connectivity index (χ0v) is 13.8. The van der Waals surface area contributed by atoms with E-state index < -0.39 is 0 Å². The number of nitrogens with one attached hydrogen (secondary N) is 2. The van der Waals surface area contributed by atoms with Crippen LogP contribution < -0.4 is 10.6 Å². The van der Waals surface area contributed by atoms with Crippen LogP contribution >= 0.6 is 0 Å². The molecule has 0 bridgehead atoms. The van der Waals surface area contributed by atoms with Gasteiger partial charge in [0.05, 0.1) is 0 Å². The van der Waals surface area contributed by atoms with E-state index in [0.29, 0.717) is 6.04 Å². The van der Waals surface area contributed by atoms with E-state index in [1.54, 1.807) is 6.33 Å². The summed E-state index contributed by atoms with van der Waals surface area (Å²) in [5, 5.41) is 7.11. The van der Waals surface area contributed by atoms with Crippen LogP contribution in [0, 0.1) is 5.92 Å². The van der Waals surface area contributed by atoms with Crippen LogP contribution in [0.25, 0.3) is 0 Å². The number of nitrogens with zero attached hydrogens (tertiary/aromatic N) is 2.